The second-order valence-corrected chi connectivity index (χ2v) is 8.76. The molecule has 0 fully saturated rings. The molecule has 0 unspecified atom stereocenters. The van der Waals surface area contributed by atoms with E-state index in [-0.39, 0.29) is 29.0 Å². The van der Waals surface area contributed by atoms with Crippen molar-refractivity contribution >= 4 is 11.9 Å². The summed E-state index contributed by atoms with van der Waals surface area (Å²) >= 11 is 0. The molecule has 170 valence electrons. The molecule has 0 radical (unpaired) electrons. The van der Waals surface area contributed by atoms with Crippen LogP contribution in [0.2, 0.25) is 0 Å². The van der Waals surface area contributed by atoms with Crippen molar-refractivity contribution < 1.29 is 35.1 Å². The fourth-order valence-electron chi connectivity index (χ4n) is 3.55. The molecular weight excluding hydrogens is 412 g/mol. The van der Waals surface area contributed by atoms with Crippen LogP contribution in [0.5, 0.6) is 17.2 Å². The van der Waals surface area contributed by atoms with Crippen LogP contribution in [0.15, 0.2) is 54.6 Å². The first kappa shape index (κ1) is 23.5. The summed E-state index contributed by atoms with van der Waals surface area (Å²) in [5.74, 6) is -0.583. The maximum absolute atomic E-state index is 12.6. The summed E-state index contributed by atoms with van der Waals surface area (Å²) in [6, 6.07) is 9.13. The Morgan fingerprint density at radius 2 is 1.72 bits per heavy atom. The second kappa shape index (κ2) is 8.78. The third kappa shape index (κ3) is 5.19. The lowest BCUT2D eigenvalue weighted by molar-refractivity contribution is -0.0858. The van der Waals surface area contributed by atoms with Crippen molar-refractivity contribution in [1.82, 2.24) is 0 Å². The smallest absolute Gasteiger partial charge is 0.189 e. The number of carbonyl (C=O) groups is 1. The first-order valence-corrected chi connectivity index (χ1v) is 10.2. The van der Waals surface area contributed by atoms with Crippen molar-refractivity contribution in [3.8, 4) is 17.2 Å². The van der Waals surface area contributed by atoms with Gasteiger partial charge in [0.25, 0.3) is 0 Å². The normalized spacial score (nSPS) is 20.3. The van der Waals surface area contributed by atoms with Gasteiger partial charge in [-0.2, -0.15) is 0 Å². The van der Waals surface area contributed by atoms with Gasteiger partial charge in [-0.05, 0) is 63.1 Å². The van der Waals surface area contributed by atoms with Gasteiger partial charge in [0.2, 0.25) is 0 Å². The zero-order chi connectivity index (χ0) is 23.7. The zero-order valence-corrected chi connectivity index (χ0v) is 18.2. The highest BCUT2D eigenvalue weighted by Gasteiger charge is 2.46. The molecule has 32 heavy (non-hydrogen) atoms. The molecule has 0 saturated carbocycles. The van der Waals surface area contributed by atoms with E-state index in [1.165, 1.54) is 43.3 Å². The van der Waals surface area contributed by atoms with E-state index in [0.717, 1.165) is 0 Å². The van der Waals surface area contributed by atoms with Crippen LogP contribution in [0.1, 0.15) is 54.8 Å². The van der Waals surface area contributed by atoms with Crippen LogP contribution in [0.3, 0.4) is 0 Å². The van der Waals surface area contributed by atoms with Gasteiger partial charge in [-0.15, -0.1) is 0 Å². The van der Waals surface area contributed by atoms with Gasteiger partial charge >= 0.3 is 0 Å². The highest BCUT2D eigenvalue weighted by molar-refractivity contribution is 6.09. The summed E-state index contributed by atoms with van der Waals surface area (Å²) in [6.45, 7) is 4.69. The van der Waals surface area contributed by atoms with Crippen LogP contribution in [0.25, 0.3) is 6.08 Å². The van der Waals surface area contributed by atoms with Gasteiger partial charge in [-0.3, -0.25) is 4.79 Å². The molecule has 0 bridgehead atoms. The Bertz CT molecular complexity index is 1040. The number of carbonyl (C=O) groups excluding carboxylic acids is 1. The van der Waals surface area contributed by atoms with E-state index < -0.39 is 34.9 Å². The summed E-state index contributed by atoms with van der Waals surface area (Å²) in [5.41, 5.74) is -1.82. The Kier molecular flexibility index (Phi) is 6.46. The van der Waals surface area contributed by atoms with Crippen LogP contribution in [0.4, 0.5) is 0 Å². The predicted octanol–water partition coefficient (Wildman–Crippen LogP) is 3.26. The quantitative estimate of drug-likeness (QED) is 0.254. The molecule has 3 rings (SSSR count). The largest absolute Gasteiger partial charge is 0.508 e. The summed E-state index contributed by atoms with van der Waals surface area (Å²) in [7, 11) is 0. The number of fused-ring (bicyclic) bond motifs is 1. The molecule has 1 aliphatic heterocycles. The molecule has 3 atom stereocenters. The number of hydrogen-bond donors (Lipinski definition) is 5. The van der Waals surface area contributed by atoms with Crippen LogP contribution in [0, 0.1) is 0 Å². The van der Waals surface area contributed by atoms with E-state index in [4.69, 9.17) is 4.74 Å². The molecule has 1 aliphatic rings. The first-order valence-electron chi connectivity index (χ1n) is 10.2. The van der Waals surface area contributed by atoms with E-state index in [9.17, 15) is 30.3 Å². The lowest BCUT2D eigenvalue weighted by atomic mass is 9.88. The Balaban J connectivity index is 1.81. The summed E-state index contributed by atoms with van der Waals surface area (Å²) in [4.78, 5) is 12.6. The fraction of sp³-hybridized carbons (Fsp3) is 0.320. The monoisotopic (exact) mass is 440 g/mol. The molecule has 0 aromatic heterocycles. The van der Waals surface area contributed by atoms with Crippen LogP contribution in [-0.4, -0.2) is 48.6 Å². The minimum atomic E-state index is -1.50. The maximum atomic E-state index is 12.6. The van der Waals surface area contributed by atoms with Crippen molar-refractivity contribution in [1.29, 1.82) is 0 Å². The van der Waals surface area contributed by atoms with Crippen LogP contribution < -0.4 is 4.74 Å². The van der Waals surface area contributed by atoms with Gasteiger partial charge in [0.15, 0.2) is 11.9 Å². The molecule has 5 N–H and O–H groups in total. The van der Waals surface area contributed by atoms with Gasteiger partial charge in [-0.1, -0.05) is 30.4 Å². The number of phenolic OH excluding ortho intramolecular Hbond substituents is 2. The van der Waals surface area contributed by atoms with Crippen molar-refractivity contribution in [2.24, 2.45) is 0 Å². The Morgan fingerprint density at radius 1 is 1.06 bits per heavy atom. The Hall–Kier alpha value is -3.13. The van der Waals surface area contributed by atoms with Gasteiger partial charge in [-0.25, -0.2) is 0 Å². The van der Waals surface area contributed by atoms with E-state index >= 15 is 0 Å². The van der Waals surface area contributed by atoms with Crippen LogP contribution >= 0.6 is 0 Å². The van der Waals surface area contributed by atoms with Gasteiger partial charge in [0, 0.05) is 0 Å². The molecule has 1 heterocycles. The van der Waals surface area contributed by atoms with Crippen molar-refractivity contribution in [3.05, 3.63) is 71.3 Å². The SMILES string of the molecule is CC(C)(O)/C=C/C[C@@](C)(O)[C@H]1Oc2ccc(C(=O)/C=C/c3ccc(O)cc3)c(O)c2[C@@H]1O. The minimum absolute atomic E-state index is 0.0105. The number of ether oxygens (including phenoxy) is 1. The molecule has 0 spiro atoms. The molecule has 0 aliphatic carbocycles. The van der Waals surface area contributed by atoms with Gasteiger partial charge in [0.05, 0.1) is 16.7 Å². The molecule has 2 aromatic carbocycles. The van der Waals surface area contributed by atoms with Gasteiger partial charge < -0.3 is 30.3 Å². The van der Waals surface area contributed by atoms with E-state index in [2.05, 4.69) is 0 Å². The first-order chi connectivity index (χ1) is 14.9. The molecule has 0 saturated heterocycles. The summed E-state index contributed by atoms with van der Waals surface area (Å²) in [6.07, 6.45) is 3.62. The van der Waals surface area contributed by atoms with Crippen molar-refractivity contribution in [3.63, 3.8) is 0 Å². The lowest BCUT2D eigenvalue weighted by Gasteiger charge is -2.30. The second-order valence-electron chi connectivity index (χ2n) is 8.76. The average molecular weight is 440 g/mol. The standard InChI is InChI=1S/C25H28O7/c1-24(2,30)13-4-14-25(3,31)23-22(29)20-19(32-23)12-10-17(21(20)28)18(27)11-7-15-5-8-16(26)9-6-15/h4-13,22-23,26,28-31H,14H2,1-3H3/b11-7+,13-4+/t22-,23-,25+/m0/s1. The highest BCUT2D eigenvalue weighted by atomic mass is 16.5. The number of rotatable bonds is 7. The topological polar surface area (TPSA) is 127 Å². The number of aliphatic hydroxyl groups is 3. The van der Waals surface area contributed by atoms with E-state index in [1.807, 2.05) is 0 Å². The number of phenols is 2. The highest BCUT2D eigenvalue weighted by Crippen LogP contribution is 2.47. The molecule has 0 amide bonds. The van der Waals surface area contributed by atoms with Crippen molar-refractivity contribution in [2.45, 2.75) is 50.6 Å². The molecule has 7 nitrogen and oxygen atoms in total. The molecule has 2 aromatic rings. The predicted molar refractivity (Wildman–Crippen MR) is 120 cm³/mol. The summed E-state index contributed by atoms with van der Waals surface area (Å²) < 4.78 is 5.71. The number of hydrogen-bond acceptors (Lipinski definition) is 7. The number of aliphatic hydroxyl groups excluding tert-OH is 1. The number of benzene rings is 2. The summed E-state index contributed by atoms with van der Waals surface area (Å²) in [5, 5.41) is 51.5. The number of aromatic hydroxyl groups is 2. The van der Waals surface area contributed by atoms with Crippen molar-refractivity contribution in [2.75, 3.05) is 0 Å². The Morgan fingerprint density at radius 3 is 2.34 bits per heavy atom. The van der Waals surface area contributed by atoms with Crippen LogP contribution in [-0.2, 0) is 0 Å². The Labute approximate surface area is 186 Å². The number of ketones is 1. The lowest BCUT2D eigenvalue weighted by Crippen LogP contribution is -2.44. The van der Waals surface area contributed by atoms with E-state index in [1.54, 1.807) is 38.1 Å². The van der Waals surface area contributed by atoms with E-state index in [0.29, 0.717) is 5.56 Å². The average Bonchev–Trinajstić information content (AvgIpc) is 3.04. The fourth-order valence-corrected chi connectivity index (χ4v) is 3.55. The minimum Gasteiger partial charge on any atom is -0.508 e. The number of allylic oxidation sites excluding steroid dienone is 1. The van der Waals surface area contributed by atoms with Gasteiger partial charge in [0.1, 0.15) is 29.0 Å². The molecular formula is C25H28O7. The molecule has 7 heteroatoms. The maximum Gasteiger partial charge on any atom is 0.189 e. The third-order valence-corrected chi connectivity index (χ3v) is 5.27. The third-order valence-electron chi connectivity index (χ3n) is 5.27. The zero-order valence-electron chi connectivity index (χ0n) is 18.2.